The zero-order chi connectivity index (χ0) is 11.7. The van der Waals surface area contributed by atoms with Crippen LogP contribution in [0.3, 0.4) is 0 Å². The van der Waals surface area contributed by atoms with E-state index in [1.807, 2.05) is 6.07 Å². The van der Waals surface area contributed by atoms with Gasteiger partial charge in [0.15, 0.2) is 0 Å². The van der Waals surface area contributed by atoms with E-state index in [4.69, 9.17) is 11.3 Å². The predicted octanol–water partition coefficient (Wildman–Crippen LogP) is 1.04. The maximum absolute atomic E-state index is 6.03. The second kappa shape index (κ2) is 5.28. The van der Waals surface area contributed by atoms with Crippen LogP contribution in [0.4, 0.5) is 0 Å². The van der Waals surface area contributed by atoms with E-state index in [9.17, 15) is 0 Å². The summed E-state index contributed by atoms with van der Waals surface area (Å²) in [7, 11) is 0. The first-order chi connectivity index (χ1) is 8.28. The fourth-order valence-electron chi connectivity index (χ4n) is 2.08. The molecule has 2 bridgehead atoms. The molecule has 0 unspecified atom stereocenters. The Balaban J connectivity index is 1.91. The molecule has 3 aliphatic heterocycles. The molecule has 17 heavy (non-hydrogen) atoms. The summed E-state index contributed by atoms with van der Waals surface area (Å²) in [6, 6.07) is 4.12. The molecule has 3 saturated heterocycles. The Morgan fingerprint density at radius 2 is 1.65 bits per heavy atom. The minimum atomic E-state index is -3.19. The average molecular weight is 381 g/mol. The fraction of sp³-hybridized carbons (Fsp3) is 0.600. The third-order valence-electron chi connectivity index (χ3n) is 2.97. The molecule has 4 rings (SSSR count). The topological polar surface area (TPSA) is 30.9 Å². The predicted molar refractivity (Wildman–Crippen MR) is 71.7 cm³/mol. The van der Waals surface area contributed by atoms with Crippen LogP contribution in [-0.4, -0.2) is 58.6 Å². The number of nitrogens with zero attached hydrogens (tertiary/aromatic N) is 1. The Labute approximate surface area is 116 Å². The number of hydrogen-bond acceptors (Lipinski definition) is 5. The van der Waals surface area contributed by atoms with Gasteiger partial charge in [0.2, 0.25) is 0 Å². The molecule has 3 fully saturated rings. The van der Waals surface area contributed by atoms with E-state index in [0.717, 1.165) is 47.0 Å². The molecule has 0 radical (unpaired) electrons. The number of halogens is 1. The summed E-state index contributed by atoms with van der Waals surface area (Å²) in [5, 5.41) is 0. The Kier molecular flexibility index (Phi) is 3.91. The molecular weight excluding hydrogens is 367 g/mol. The monoisotopic (exact) mass is 381 g/mol. The van der Waals surface area contributed by atoms with Crippen molar-refractivity contribution >= 4 is 45.3 Å². The SMILES string of the molecule is Brc1cc[c]([Ge]23[O]CCN(CC[O]2)CC[O]3)s1. The Hall–Kier alpha value is 0.563. The number of rotatable bonds is 1. The minimum absolute atomic E-state index is 0.718. The van der Waals surface area contributed by atoms with Gasteiger partial charge in [0, 0.05) is 0 Å². The molecule has 0 aliphatic carbocycles. The number of fused-ring (bicyclic) bond motifs is 6. The first-order valence-corrected chi connectivity index (χ1v) is 10.9. The molecule has 1 aromatic heterocycles. The van der Waals surface area contributed by atoms with E-state index in [1.165, 1.54) is 0 Å². The van der Waals surface area contributed by atoms with Crippen molar-refractivity contribution in [3.63, 3.8) is 0 Å². The van der Waals surface area contributed by atoms with Gasteiger partial charge in [-0.25, -0.2) is 0 Å². The Morgan fingerprint density at radius 3 is 2.12 bits per heavy atom. The molecule has 1 aromatic rings. The summed E-state index contributed by atoms with van der Waals surface area (Å²) in [4.78, 5) is 2.33. The van der Waals surface area contributed by atoms with Crippen LogP contribution in [0.25, 0.3) is 0 Å². The second-order valence-corrected chi connectivity index (χ2v) is 12.6. The van der Waals surface area contributed by atoms with Crippen molar-refractivity contribution in [1.82, 2.24) is 4.90 Å². The van der Waals surface area contributed by atoms with Crippen LogP contribution in [0.15, 0.2) is 15.9 Å². The molecule has 0 atom stereocenters. The van der Waals surface area contributed by atoms with Crippen molar-refractivity contribution in [2.24, 2.45) is 0 Å². The van der Waals surface area contributed by atoms with Crippen LogP contribution >= 0.6 is 27.3 Å². The van der Waals surface area contributed by atoms with Gasteiger partial charge in [-0.1, -0.05) is 0 Å². The van der Waals surface area contributed by atoms with Gasteiger partial charge in [-0.15, -0.1) is 0 Å². The van der Waals surface area contributed by atoms with Crippen molar-refractivity contribution in [2.75, 3.05) is 39.5 Å². The van der Waals surface area contributed by atoms with Crippen LogP contribution in [0, 0.1) is 0 Å². The first-order valence-electron chi connectivity index (χ1n) is 5.68. The van der Waals surface area contributed by atoms with Crippen molar-refractivity contribution in [3.8, 4) is 0 Å². The third kappa shape index (κ3) is 2.63. The first kappa shape index (κ1) is 12.6. The summed E-state index contributed by atoms with van der Waals surface area (Å²) in [5.74, 6) is 0. The normalized spacial score (nSPS) is 34.1. The zero-order valence-electron chi connectivity index (χ0n) is 9.36. The molecule has 4 heterocycles. The maximum atomic E-state index is 6.03. The van der Waals surface area contributed by atoms with Gasteiger partial charge < -0.3 is 0 Å². The summed E-state index contributed by atoms with van der Waals surface area (Å²) >= 11 is 1.98. The fourth-order valence-corrected chi connectivity index (χ4v) is 11.0. The molecule has 3 aliphatic rings. The summed E-state index contributed by atoms with van der Waals surface area (Å²) < 4.78 is 20.4. The molecule has 94 valence electrons. The van der Waals surface area contributed by atoms with Crippen LogP contribution in [-0.2, 0) is 11.3 Å². The number of hydrogen-bond donors (Lipinski definition) is 0. The molecule has 0 N–H and O–H groups in total. The quantitative estimate of drug-likeness (QED) is 0.681. The van der Waals surface area contributed by atoms with Gasteiger partial charge >= 0.3 is 117 Å². The average Bonchev–Trinajstić information content (AvgIpc) is 2.63. The van der Waals surface area contributed by atoms with Crippen LogP contribution < -0.4 is 3.71 Å². The molecular formula is C10H14BrGeNO3S. The van der Waals surface area contributed by atoms with Crippen molar-refractivity contribution in [2.45, 2.75) is 0 Å². The standard InChI is InChI=1S/C10H14BrGeNO3S/c11-9-1-2-10(17-9)12-14-6-3-13(4-7-15-12)5-8-16-12/h1-2H,3-8H2. The van der Waals surface area contributed by atoms with E-state index in [2.05, 4.69) is 26.9 Å². The van der Waals surface area contributed by atoms with Gasteiger partial charge in [-0.3, -0.25) is 0 Å². The summed E-state index contributed by atoms with van der Waals surface area (Å²) in [6.07, 6.45) is 0. The zero-order valence-corrected chi connectivity index (χ0v) is 13.9. The van der Waals surface area contributed by atoms with Crippen molar-refractivity contribution in [1.29, 1.82) is 0 Å². The molecule has 0 amide bonds. The summed E-state index contributed by atoms with van der Waals surface area (Å²) in [5.41, 5.74) is 0. The molecule has 0 saturated carbocycles. The van der Waals surface area contributed by atoms with Crippen molar-refractivity contribution in [3.05, 3.63) is 15.9 Å². The molecule has 0 spiro atoms. The van der Waals surface area contributed by atoms with E-state index in [1.54, 1.807) is 11.3 Å². The Morgan fingerprint density at radius 1 is 1.06 bits per heavy atom. The van der Waals surface area contributed by atoms with Gasteiger partial charge in [0.1, 0.15) is 0 Å². The van der Waals surface area contributed by atoms with Gasteiger partial charge in [-0.05, 0) is 0 Å². The number of thiophene rings is 1. The van der Waals surface area contributed by atoms with Gasteiger partial charge in [0.25, 0.3) is 0 Å². The molecule has 0 aromatic carbocycles. The van der Waals surface area contributed by atoms with Gasteiger partial charge in [0.05, 0.1) is 0 Å². The Bertz CT molecular complexity index is 376. The molecule has 4 nitrogen and oxygen atoms in total. The summed E-state index contributed by atoms with van der Waals surface area (Å²) in [6.45, 7) is 5.13. The van der Waals surface area contributed by atoms with Gasteiger partial charge in [-0.2, -0.15) is 0 Å². The van der Waals surface area contributed by atoms with Crippen molar-refractivity contribution < 1.29 is 11.3 Å². The van der Waals surface area contributed by atoms with Crippen LogP contribution in [0.2, 0.25) is 0 Å². The van der Waals surface area contributed by atoms with E-state index >= 15 is 0 Å². The van der Waals surface area contributed by atoms with E-state index < -0.39 is 14.3 Å². The van der Waals surface area contributed by atoms with E-state index in [-0.39, 0.29) is 0 Å². The van der Waals surface area contributed by atoms with Crippen LogP contribution in [0.5, 0.6) is 0 Å². The molecule has 7 heteroatoms. The third-order valence-corrected chi connectivity index (χ3v) is 11.6. The second-order valence-electron chi connectivity index (χ2n) is 4.05. The van der Waals surface area contributed by atoms with E-state index in [0.29, 0.717) is 0 Å². The van der Waals surface area contributed by atoms with Crippen LogP contribution in [0.1, 0.15) is 0 Å².